The van der Waals surface area contributed by atoms with Crippen LogP contribution in [0, 0.1) is 0 Å². The molecule has 1 fully saturated rings. The van der Waals surface area contributed by atoms with E-state index in [0.717, 1.165) is 0 Å². The normalized spacial score (nSPS) is 16.6. The molecule has 0 aliphatic carbocycles. The number of piperazine rings is 1. The summed E-state index contributed by atoms with van der Waals surface area (Å²) in [6.45, 7) is 8.71. The third kappa shape index (κ3) is 5.54. The fourth-order valence-electron chi connectivity index (χ4n) is 3.19. The van der Waals surface area contributed by atoms with Gasteiger partial charge in [-0.2, -0.15) is 17.0 Å². The van der Waals surface area contributed by atoms with Crippen LogP contribution in [0.2, 0.25) is 0 Å². The minimum Gasteiger partial charge on any atom is -0.336 e. The lowest BCUT2D eigenvalue weighted by Gasteiger charge is -2.36. The summed E-state index contributed by atoms with van der Waals surface area (Å²) in [5.74, 6) is -0.313. The Morgan fingerprint density at radius 3 is 2.17 bits per heavy atom. The topological polar surface area (TPSA) is 107 Å². The Bertz CT molecular complexity index is 919. The van der Waals surface area contributed by atoms with Crippen LogP contribution in [0.25, 0.3) is 0 Å². The van der Waals surface area contributed by atoms with Crippen LogP contribution < -0.4 is 4.72 Å². The first kappa shape index (κ1) is 23.7. The molecule has 0 radical (unpaired) electrons. The second-order valence-electron chi connectivity index (χ2n) is 7.09. The third-order valence-corrected chi connectivity index (χ3v) is 8.51. The average molecular weight is 447 g/mol. The van der Waals surface area contributed by atoms with Crippen molar-refractivity contribution in [3.8, 4) is 0 Å². The third-order valence-electron chi connectivity index (χ3n) is 4.67. The Balaban J connectivity index is 2.11. The zero-order valence-corrected chi connectivity index (χ0v) is 19.0. The summed E-state index contributed by atoms with van der Waals surface area (Å²) in [6, 6.07) is 5.63. The molecule has 0 aromatic heterocycles. The summed E-state index contributed by atoms with van der Waals surface area (Å²) in [5.41, 5.74) is 0.261. The zero-order chi connectivity index (χ0) is 21.8. The van der Waals surface area contributed by atoms with E-state index in [-0.39, 0.29) is 48.6 Å². The number of nitrogens with zero attached hydrogens (tertiary/aromatic N) is 3. The van der Waals surface area contributed by atoms with Gasteiger partial charge in [-0.05, 0) is 32.0 Å². The number of sulfonamides is 1. The number of hydrogen-bond acceptors (Lipinski definition) is 5. The molecule has 0 bridgehead atoms. The van der Waals surface area contributed by atoms with Gasteiger partial charge < -0.3 is 4.90 Å². The van der Waals surface area contributed by atoms with Gasteiger partial charge in [-0.25, -0.2) is 13.1 Å². The summed E-state index contributed by atoms with van der Waals surface area (Å²) in [7, 11) is -7.24. The molecular formula is C18H30N4O5S2. The minimum atomic E-state index is -3.70. The van der Waals surface area contributed by atoms with Gasteiger partial charge in [-0.1, -0.05) is 19.9 Å². The van der Waals surface area contributed by atoms with E-state index in [4.69, 9.17) is 0 Å². The standard InChI is InChI=1S/C18H30N4O5S2/c1-5-21(6-2)29(26,27)22-12-10-20(11-13-22)18(23)16-8-7-9-17(14-16)28(24,25)19-15(3)4/h7-9,14-15,19H,5-6,10-13H2,1-4H3. The van der Waals surface area contributed by atoms with Crippen LogP contribution in [0.3, 0.4) is 0 Å². The highest BCUT2D eigenvalue weighted by Gasteiger charge is 2.32. The van der Waals surface area contributed by atoms with Crippen LogP contribution >= 0.6 is 0 Å². The Hall–Kier alpha value is -1.53. The van der Waals surface area contributed by atoms with Gasteiger partial charge in [0.05, 0.1) is 4.90 Å². The molecule has 0 saturated carbocycles. The van der Waals surface area contributed by atoms with Crippen molar-refractivity contribution < 1.29 is 21.6 Å². The summed E-state index contributed by atoms with van der Waals surface area (Å²) in [5, 5.41) is 0. The molecule has 1 aliphatic heterocycles. The number of nitrogens with one attached hydrogen (secondary N) is 1. The molecule has 2 rings (SSSR count). The lowest BCUT2D eigenvalue weighted by molar-refractivity contribution is 0.0694. The summed E-state index contributed by atoms with van der Waals surface area (Å²) in [6.07, 6.45) is 0. The van der Waals surface area contributed by atoms with E-state index < -0.39 is 20.2 Å². The van der Waals surface area contributed by atoms with Crippen molar-refractivity contribution in [2.45, 2.75) is 38.6 Å². The Kier molecular flexibility index (Phi) is 7.80. The highest BCUT2D eigenvalue weighted by atomic mass is 32.2. The van der Waals surface area contributed by atoms with Crippen molar-refractivity contribution in [3.05, 3.63) is 29.8 Å². The van der Waals surface area contributed by atoms with Crippen LogP contribution in [-0.4, -0.2) is 81.6 Å². The predicted octanol–water partition coefficient (Wildman–Crippen LogP) is 0.718. The van der Waals surface area contributed by atoms with Crippen molar-refractivity contribution in [3.63, 3.8) is 0 Å². The van der Waals surface area contributed by atoms with E-state index in [1.54, 1.807) is 38.7 Å². The van der Waals surface area contributed by atoms with Gasteiger partial charge in [0.2, 0.25) is 10.0 Å². The summed E-state index contributed by atoms with van der Waals surface area (Å²) < 4.78 is 55.2. The maximum Gasteiger partial charge on any atom is 0.282 e. The van der Waals surface area contributed by atoms with Crippen molar-refractivity contribution in [2.24, 2.45) is 0 Å². The maximum atomic E-state index is 12.8. The van der Waals surface area contributed by atoms with Crippen LogP contribution in [-0.2, 0) is 20.2 Å². The molecule has 1 aromatic rings. The molecule has 0 spiro atoms. The number of carbonyl (C=O) groups is 1. The van der Waals surface area contributed by atoms with Gasteiger partial charge in [0.15, 0.2) is 0 Å². The first-order valence-electron chi connectivity index (χ1n) is 9.69. The van der Waals surface area contributed by atoms with Gasteiger partial charge in [0, 0.05) is 50.9 Å². The first-order valence-corrected chi connectivity index (χ1v) is 12.6. The molecule has 1 aromatic carbocycles. The van der Waals surface area contributed by atoms with E-state index in [0.29, 0.717) is 13.1 Å². The van der Waals surface area contributed by atoms with Crippen molar-refractivity contribution in [2.75, 3.05) is 39.3 Å². The molecule has 9 nitrogen and oxygen atoms in total. The Morgan fingerprint density at radius 1 is 1.07 bits per heavy atom. The van der Waals surface area contributed by atoms with Crippen LogP contribution in [0.1, 0.15) is 38.1 Å². The molecule has 164 valence electrons. The SMILES string of the molecule is CCN(CC)S(=O)(=O)N1CCN(C(=O)c2cccc(S(=O)(=O)NC(C)C)c2)CC1. The Morgan fingerprint density at radius 2 is 1.66 bits per heavy atom. The second-order valence-corrected chi connectivity index (χ2v) is 10.7. The summed E-state index contributed by atoms with van der Waals surface area (Å²) >= 11 is 0. The van der Waals surface area contributed by atoms with Gasteiger partial charge in [-0.15, -0.1) is 0 Å². The number of carbonyl (C=O) groups excluding carboxylic acids is 1. The Labute approximate surface area is 173 Å². The maximum absolute atomic E-state index is 12.8. The lowest BCUT2D eigenvalue weighted by Crippen LogP contribution is -2.54. The molecule has 0 unspecified atom stereocenters. The molecule has 29 heavy (non-hydrogen) atoms. The fourth-order valence-corrected chi connectivity index (χ4v) is 6.09. The number of amides is 1. The van der Waals surface area contributed by atoms with Crippen LogP contribution in [0.5, 0.6) is 0 Å². The van der Waals surface area contributed by atoms with Gasteiger partial charge in [-0.3, -0.25) is 4.79 Å². The molecule has 0 atom stereocenters. The summed E-state index contributed by atoms with van der Waals surface area (Å²) in [4.78, 5) is 14.4. The molecular weight excluding hydrogens is 416 g/mol. The monoisotopic (exact) mass is 446 g/mol. The molecule has 1 heterocycles. The highest BCUT2D eigenvalue weighted by molar-refractivity contribution is 7.89. The smallest absolute Gasteiger partial charge is 0.282 e. The number of hydrogen-bond donors (Lipinski definition) is 1. The first-order chi connectivity index (χ1) is 13.5. The molecule has 1 amide bonds. The molecule has 1 saturated heterocycles. The lowest BCUT2D eigenvalue weighted by atomic mass is 10.2. The quantitative estimate of drug-likeness (QED) is 0.633. The van der Waals surface area contributed by atoms with E-state index in [9.17, 15) is 21.6 Å². The van der Waals surface area contributed by atoms with Gasteiger partial charge >= 0.3 is 0 Å². The van der Waals surface area contributed by atoms with E-state index in [2.05, 4.69) is 4.72 Å². The highest BCUT2D eigenvalue weighted by Crippen LogP contribution is 2.17. The fraction of sp³-hybridized carbons (Fsp3) is 0.611. The molecule has 1 N–H and O–H groups in total. The van der Waals surface area contributed by atoms with Gasteiger partial charge in [0.1, 0.15) is 0 Å². The minimum absolute atomic E-state index is 0.0276. The molecule has 11 heteroatoms. The zero-order valence-electron chi connectivity index (χ0n) is 17.3. The van der Waals surface area contributed by atoms with Gasteiger partial charge in [0.25, 0.3) is 16.1 Å². The van der Waals surface area contributed by atoms with E-state index in [1.807, 2.05) is 0 Å². The number of benzene rings is 1. The van der Waals surface area contributed by atoms with Crippen molar-refractivity contribution in [1.82, 2.24) is 18.2 Å². The molecule has 1 aliphatic rings. The number of rotatable bonds is 8. The van der Waals surface area contributed by atoms with E-state index >= 15 is 0 Å². The average Bonchev–Trinajstić information content (AvgIpc) is 2.67. The van der Waals surface area contributed by atoms with E-state index in [1.165, 1.54) is 26.8 Å². The largest absolute Gasteiger partial charge is 0.336 e. The second kappa shape index (κ2) is 9.52. The van der Waals surface area contributed by atoms with Crippen molar-refractivity contribution >= 4 is 26.1 Å². The van der Waals surface area contributed by atoms with Crippen LogP contribution in [0.15, 0.2) is 29.2 Å². The predicted molar refractivity (Wildman–Crippen MR) is 111 cm³/mol. The van der Waals surface area contributed by atoms with Crippen molar-refractivity contribution in [1.29, 1.82) is 0 Å². The van der Waals surface area contributed by atoms with Crippen LogP contribution in [0.4, 0.5) is 0 Å².